The van der Waals surface area contributed by atoms with Crippen LogP contribution >= 0.6 is 12.2 Å². The van der Waals surface area contributed by atoms with E-state index in [1.807, 2.05) is 54.6 Å². The van der Waals surface area contributed by atoms with Crippen LogP contribution < -0.4 is 10.1 Å². The molecule has 0 aliphatic carbocycles. The molecule has 1 aliphatic heterocycles. The van der Waals surface area contributed by atoms with E-state index in [-0.39, 0.29) is 0 Å². The van der Waals surface area contributed by atoms with Gasteiger partial charge >= 0.3 is 0 Å². The second-order valence-electron chi connectivity index (χ2n) is 7.42. The predicted molar refractivity (Wildman–Crippen MR) is 124 cm³/mol. The van der Waals surface area contributed by atoms with Crippen molar-refractivity contribution in [1.29, 1.82) is 0 Å². The van der Waals surface area contributed by atoms with Crippen molar-refractivity contribution in [3.8, 4) is 5.75 Å². The van der Waals surface area contributed by atoms with E-state index in [1.165, 1.54) is 0 Å². The fourth-order valence-corrected chi connectivity index (χ4v) is 3.83. The van der Waals surface area contributed by atoms with Crippen LogP contribution in [0.2, 0.25) is 0 Å². The van der Waals surface area contributed by atoms with E-state index in [0.717, 1.165) is 67.0 Å². The normalized spacial score (nSPS) is 14.9. The van der Waals surface area contributed by atoms with Crippen molar-refractivity contribution >= 4 is 23.0 Å². The molecular weight excluding hydrogens is 394 g/mol. The molecule has 0 amide bonds. The lowest BCUT2D eigenvalue weighted by Crippen LogP contribution is -2.37. The Bertz CT molecular complexity index is 913. The Labute approximate surface area is 183 Å². The van der Waals surface area contributed by atoms with Gasteiger partial charge in [-0.15, -0.1) is 0 Å². The molecule has 1 N–H and O–H groups in total. The van der Waals surface area contributed by atoms with Gasteiger partial charge in [-0.3, -0.25) is 4.90 Å². The standard InChI is InChI=1S/C24H27N3O2S/c30-24(27-14-5-13-26(15-16-27)18-23-8-4-17-28-23)25-21-9-11-22(12-10-21)29-19-20-6-2-1-3-7-20/h1-4,6-12,17H,5,13-16,18-19H2,(H,25,30). The lowest BCUT2D eigenvalue weighted by atomic mass is 10.2. The first-order chi connectivity index (χ1) is 14.8. The molecule has 0 saturated carbocycles. The molecule has 1 saturated heterocycles. The maximum absolute atomic E-state index is 5.86. The van der Waals surface area contributed by atoms with Crippen LogP contribution in [0.4, 0.5) is 5.69 Å². The lowest BCUT2D eigenvalue weighted by molar-refractivity contribution is 0.255. The molecule has 30 heavy (non-hydrogen) atoms. The molecule has 0 atom stereocenters. The number of nitrogens with zero attached hydrogens (tertiary/aromatic N) is 2. The van der Waals surface area contributed by atoms with E-state index < -0.39 is 0 Å². The maximum Gasteiger partial charge on any atom is 0.173 e. The molecule has 5 nitrogen and oxygen atoms in total. The van der Waals surface area contributed by atoms with Crippen LogP contribution in [0.3, 0.4) is 0 Å². The molecule has 0 bridgehead atoms. The van der Waals surface area contributed by atoms with Crippen LogP contribution in [-0.4, -0.2) is 41.1 Å². The fourth-order valence-electron chi connectivity index (χ4n) is 3.53. The van der Waals surface area contributed by atoms with E-state index in [1.54, 1.807) is 6.26 Å². The molecule has 156 valence electrons. The average molecular weight is 422 g/mol. The Morgan fingerprint density at radius 2 is 1.77 bits per heavy atom. The van der Waals surface area contributed by atoms with E-state index in [0.29, 0.717) is 6.61 Å². The summed E-state index contributed by atoms with van der Waals surface area (Å²) in [4.78, 5) is 4.66. The van der Waals surface area contributed by atoms with Crippen LogP contribution in [0.25, 0.3) is 0 Å². The van der Waals surface area contributed by atoms with Crippen molar-refractivity contribution < 1.29 is 9.15 Å². The number of thiocarbonyl (C=S) groups is 1. The molecule has 1 aliphatic rings. The van der Waals surface area contributed by atoms with Gasteiger partial charge in [0.1, 0.15) is 18.1 Å². The van der Waals surface area contributed by atoms with Gasteiger partial charge in [0.05, 0.1) is 12.8 Å². The monoisotopic (exact) mass is 421 g/mol. The fraction of sp³-hybridized carbons (Fsp3) is 0.292. The largest absolute Gasteiger partial charge is 0.489 e. The molecule has 4 rings (SSSR count). The number of anilines is 1. The number of benzene rings is 2. The van der Waals surface area contributed by atoms with Crippen LogP contribution in [-0.2, 0) is 13.2 Å². The number of furan rings is 1. The second-order valence-corrected chi connectivity index (χ2v) is 7.81. The van der Waals surface area contributed by atoms with Gasteiger partial charge in [-0.25, -0.2) is 0 Å². The third-order valence-electron chi connectivity index (χ3n) is 5.19. The zero-order valence-corrected chi connectivity index (χ0v) is 17.8. The van der Waals surface area contributed by atoms with E-state index in [4.69, 9.17) is 21.4 Å². The quantitative estimate of drug-likeness (QED) is 0.579. The lowest BCUT2D eigenvalue weighted by Gasteiger charge is -2.24. The highest BCUT2D eigenvalue weighted by Crippen LogP contribution is 2.18. The third-order valence-corrected chi connectivity index (χ3v) is 5.55. The first kappa shape index (κ1) is 20.4. The highest BCUT2D eigenvalue weighted by Gasteiger charge is 2.17. The summed E-state index contributed by atoms with van der Waals surface area (Å²) < 4.78 is 11.3. The van der Waals surface area contributed by atoms with Crippen molar-refractivity contribution in [1.82, 2.24) is 9.80 Å². The number of nitrogens with one attached hydrogen (secondary N) is 1. The Kier molecular flexibility index (Phi) is 7.00. The highest BCUT2D eigenvalue weighted by atomic mass is 32.1. The van der Waals surface area contributed by atoms with Gasteiger partial charge in [0, 0.05) is 31.9 Å². The van der Waals surface area contributed by atoms with Crippen molar-refractivity contribution in [2.24, 2.45) is 0 Å². The Morgan fingerprint density at radius 1 is 0.933 bits per heavy atom. The van der Waals surface area contributed by atoms with Crippen LogP contribution in [0.5, 0.6) is 5.75 Å². The molecule has 2 heterocycles. The topological polar surface area (TPSA) is 40.9 Å². The van der Waals surface area contributed by atoms with Crippen molar-refractivity contribution in [3.63, 3.8) is 0 Å². The summed E-state index contributed by atoms with van der Waals surface area (Å²) in [5.41, 5.74) is 2.13. The minimum atomic E-state index is 0.564. The molecule has 0 unspecified atom stereocenters. The Morgan fingerprint density at radius 3 is 2.53 bits per heavy atom. The van der Waals surface area contributed by atoms with E-state index in [9.17, 15) is 0 Å². The first-order valence-electron chi connectivity index (χ1n) is 10.3. The Hall–Kier alpha value is -2.83. The third kappa shape index (κ3) is 5.84. The van der Waals surface area contributed by atoms with E-state index >= 15 is 0 Å². The molecule has 6 heteroatoms. The smallest absolute Gasteiger partial charge is 0.173 e. The number of rotatable bonds is 6. The molecule has 0 spiro atoms. The van der Waals surface area contributed by atoms with Crippen LogP contribution in [0, 0.1) is 0 Å². The molecule has 2 aromatic carbocycles. The molecule has 1 aromatic heterocycles. The van der Waals surface area contributed by atoms with Gasteiger partial charge in [0.25, 0.3) is 0 Å². The van der Waals surface area contributed by atoms with Gasteiger partial charge < -0.3 is 19.4 Å². The molecule has 0 radical (unpaired) electrons. The number of hydrogen-bond acceptors (Lipinski definition) is 4. The molecule has 1 fully saturated rings. The Balaban J connectivity index is 1.25. The zero-order valence-electron chi connectivity index (χ0n) is 17.0. The maximum atomic E-state index is 5.86. The van der Waals surface area contributed by atoms with E-state index in [2.05, 4.69) is 27.2 Å². The van der Waals surface area contributed by atoms with Crippen molar-refractivity contribution in [2.45, 2.75) is 19.6 Å². The SMILES string of the molecule is S=C(Nc1ccc(OCc2ccccc2)cc1)N1CCCN(Cc2ccco2)CC1. The summed E-state index contributed by atoms with van der Waals surface area (Å²) in [6, 6.07) is 22.1. The summed E-state index contributed by atoms with van der Waals surface area (Å²) in [5, 5.41) is 4.14. The summed E-state index contributed by atoms with van der Waals surface area (Å²) in [6.45, 7) is 5.30. The summed E-state index contributed by atoms with van der Waals surface area (Å²) in [6.07, 6.45) is 2.81. The minimum absolute atomic E-state index is 0.564. The van der Waals surface area contributed by atoms with Crippen molar-refractivity contribution in [3.05, 3.63) is 84.3 Å². The zero-order chi connectivity index (χ0) is 20.6. The van der Waals surface area contributed by atoms with Crippen LogP contribution in [0.15, 0.2) is 77.4 Å². The second kappa shape index (κ2) is 10.3. The highest BCUT2D eigenvalue weighted by molar-refractivity contribution is 7.80. The van der Waals surface area contributed by atoms with Crippen molar-refractivity contribution in [2.75, 3.05) is 31.5 Å². The molecule has 3 aromatic rings. The molecular formula is C24H27N3O2S. The predicted octanol–water partition coefficient (Wildman–Crippen LogP) is 4.76. The van der Waals surface area contributed by atoms with Gasteiger partial charge in [-0.05, 0) is 60.6 Å². The number of ether oxygens (including phenoxy) is 1. The van der Waals surface area contributed by atoms with Gasteiger partial charge in [0.2, 0.25) is 0 Å². The minimum Gasteiger partial charge on any atom is -0.489 e. The average Bonchev–Trinajstić information content (AvgIpc) is 3.18. The summed E-state index contributed by atoms with van der Waals surface area (Å²) in [7, 11) is 0. The summed E-state index contributed by atoms with van der Waals surface area (Å²) >= 11 is 5.67. The van der Waals surface area contributed by atoms with Crippen LogP contribution in [0.1, 0.15) is 17.7 Å². The number of hydrogen-bond donors (Lipinski definition) is 1. The summed E-state index contributed by atoms with van der Waals surface area (Å²) in [5.74, 6) is 1.86. The van der Waals surface area contributed by atoms with Gasteiger partial charge in [-0.1, -0.05) is 30.3 Å². The first-order valence-corrected chi connectivity index (χ1v) is 10.7. The van der Waals surface area contributed by atoms with Gasteiger partial charge in [0.15, 0.2) is 5.11 Å². The van der Waals surface area contributed by atoms with Gasteiger partial charge in [-0.2, -0.15) is 0 Å².